The molecule has 0 radical (unpaired) electrons. The van der Waals surface area contributed by atoms with Crippen LogP contribution in [0.15, 0.2) is 42.6 Å². The van der Waals surface area contributed by atoms with Crippen LogP contribution >= 0.6 is 0 Å². The van der Waals surface area contributed by atoms with Crippen molar-refractivity contribution in [2.24, 2.45) is 0 Å². The maximum absolute atomic E-state index is 13.0. The number of ether oxygens (including phenoxy) is 1. The Morgan fingerprint density at radius 1 is 1.17 bits per heavy atom. The highest BCUT2D eigenvalue weighted by atomic mass is 16.5. The largest absolute Gasteiger partial charge is 0.496 e. The number of carbonyl (C=O) groups is 1. The fourth-order valence-corrected chi connectivity index (χ4v) is 4.71. The first-order valence-corrected chi connectivity index (χ1v) is 10.8. The molecule has 0 saturated heterocycles. The molecule has 0 saturated carbocycles. The van der Waals surface area contributed by atoms with Crippen molar-refractivity contribution in [3.63, 3.8) is 0 Å². The third kappa shape index (κ3) is 3.38. The van der Waals surface area contributed by atoms with Crippen molar-refractivity contribution in [2.75, 3.05) is 7.11 Å². The first-order valence-electron chi connectivity index (χ1n) is 10.8. The first-order chi connectivity index (χ1) is 14.6. The molecular formula is C25H27N3O2. The zero-order valence-corrected chi connectivity index (χ0v) is 17.6. The predicted molar refractivity (Wildman–Crippen MR) is 117 cm³/mol. The molecule has 0 bridgehead atoms. The van der Waals surface area contributed by atoms with Crippen LogP contribution in [0.4, 0.5) is 0 Å². The van der Waals surface area contributed by atoms with Gasteiger partial charge in [0.05, 0.1) is 18.8 Å². The van der Waals surface area contributed by atoms with Crippen molar-refractivity contribution < 1.29 is 9.53 Å². The molecule has 5 rings (SSSR count). The summed E-state index contributed by atoms with van der Waals surface area (Å²) in [7, 11) is 1.63. The van der Waals surface area contributed by atoms with Gasteiger partial charge in [-0.05, 0) is 67.5 Å². The summed E-state index contributed by atoms with van der Waals surface area (Å²) in [5.41, 5.74) is 6.36. The first kappa shape index (κ1) is 18.9. The van der Waals surface area contributed by atoms with E-state index in [1.54, 1.807) is 7.11 Å². The van der Waals surface area contributed by atoms with E-state index in [2.05, 4.69) is 34.3 Å². The van der Waals surface area contributed by atoms with Gasteiger partial charge in [0.25, 0.3) is 5.91 Å². The Morgan fingerprint density at radius 3 is 2.90 bits per heavy atom. The molecule has 1 unspecified atom stereocenters. The molecule has 2 heterocycles. The van der Waals surface area contributed by atoms with E-state index in [4.69, 9.17) is 9.72 Å². The third-order valence-electron chi connectivity index (χ3n) is 6.39. The number of rotatable bonds is 4. The van der Waals surface area contributed by atoms with Gasteiger partial charge >= 0.3 is 0 Å². The van der Waals surface area contributed by atoms with Crippen LogP contribution in [-0.2, 0) is 19.4 Å². The summed E-state index contributed by atoms with van der Waals surface area (Å²) >= 11 is 0. The molecule has 1 aliphatic carbocycles. The Balaban J connectivity index is 1.42. The van der Waals surface area contributed by atoms with E-state index in [1.165, 1.54) is 23.4 Å². The van der Waals surface area contributed by atoms with E-state index in [9.17, 15) is 4.79 Å². The van der Waals surface area contributed by atoms with Crippen molar-refractivity contribution in [3.8, 4) is 17.0 Å². The minimum absolute atomic E-state index is 0.0166. The number of nitrogens with one attached hydrogen (secondary N) is 1. The summed E-state index contributed by atoms with van der Waals surface area (Å²) in [6, 6.07) is 12.2. The Bertz CT molecular complexity index is 1090. The van der Waals surface area contributed by atoms with E-state index < -0.39 is 0 Å². The SMILES string of the molecule is COc1cc(C(=O)NC2CCCc3ccc(-c4cn5c(n4)CCC5)cc32)ccc1C. The molecule has 1 N–H and O–H groups in total. The standard InChI is InChI=1S/C25H27N3O2/c1-16-8-9-19(14-23(16)30-2)25(29)27-21-6-3-5-17-10-11-18(13-20(17)21)22-15-28-12-4-7-24(28)26-22/h8-11,13-15,21H,3-7,12H2,1-2H3,(H,27,29). The molecule has 30 heavy (non-hydrogen) atoms. The molecule has 154 valence electrons. The van der Waals surface area contributed by atoms with Crippen LogP contribution in [0.2, 0.25) is 0 Å². The smallest absolute Gasteiger partial charge is 0.251 e. The van der Waals surface area contributed by atoms with Gasteiger partial charge in [-0.2, -0.15) is 0 Å². The maximum Gasteiger partial charge on any atom is 0.251 e. The predicted octanol–water partition coefficient (Wildman–Crippen LogP) is 4.62. The highest BCUT2D eigenvalue weighted by molar-refractivity contribution is 5.95. The topological polar surface area (TPSA) is 56.1 Å². The lowest BCUT2D eigenvalue weighted by Gasteiger charge is -2.27. The van der Waals surface area contributed by atoms with Crippen LogP contribution in [0.1, 0.15) is 58.2 Å². The number of aryl methyl sites for hydroxylation is 4. The minimum atomic E-state index is -0.0579. The van der Waals surface area contributed by atoms with Gasteiger partial charge in [-0.3, -0.25) is 4.79 Å². The molecule has 1 aromatic heterocycles. The summed E-state index contributed by atoms with van der Waals surface area (Å²) in [6.45, 7) is 3.04. The molecule has 1 atom stereocenters. The lowest BCUT2D eigenvalue weighted by Crippen LogP contribution is -2.31. The number of benzene rings is 2. The molecule has 1 aliphatic heterocycles. The van der Waals surface area contributed by atoms with Crippen molar-refractivity contribution >= 4 is 5.91 Å². The highest BCUT2D eigenvalue weighted by Gasteiger charge is 2.24. The van der Waals surface area contributed by atoms with Gasteiger partial charge in [0.15, 0.2) is 0 Å². The second-order valence-electron chi connectivity index (χ2n) is 8.36. The van der Waals surface area contributed by atoms with Crippen LogP contribution in [-0.4, -0.2) is 22.6 Å². The van der Waals surface area contributed by atoms with E-state index in [1.807, 2.05) is 25.1 Å². The molecule has 2 aromatic carbocycles. The monoisotopic (exact) mass is 401 g/mol. The number of nitrogens with zero attached hydrogens (tertiary/aromatic N) is 2. The lowest BCUT2D eigenvalue weighted by atomic mass is 9.86. The maximum atomic E-state index is 13.0. The quantitative estimate of drug-likeness (QED) is 0.694. The van der Waals surface area contributed by atoms with Gasteiger partial charge in [-0.25, -0.2) is 4.98 Å². The highest BCUT2D eigenvalue weighted by Crippen LogP contribution is 2.34. The number of hydrogen-bond donors (Lipinski definition) is 1. The number of carbonyl (C=O) groups excluding carboxylic acids is 1. The van der Waals surface area contributed by atoms with Crippen molar-refractivity contribution in [1.29, 1.82) is 0 Å². The normalized spacial score (nSPS) is 17.3. The summed E-state index contributed by atoms with van der Waals surface area (Å²) < 4.78 is 7.65. The fraction of sp³-hybridized carbons (Fsp3) is 0.360. The van der Waals surface area contributed by atoms with E-state index in [0.717, 1.165) is 54.8 Å². The van der Waals surface area contributed by atoms with Crippen LogP contribution < -0.4 is 10.1 Å². The van der Waals surface area contributed by atoms with Gasteiger partial charge in [0.1, 0.15) is 11.6 Å². The fourth-order valence-electron chi connectivity index (χ4n) is 4.71. The number of hydrogen-bond acceptors (Lipinski definition) is 3. The zero-order chi connectivity index (χ0) is 20.7. The van der Waals surface area contributed by atoms with Crippen LogP contribution in [0, 0.1) is 6.92 Å². The van der Waals surface area contributed by atoms with Crippen molar-refractivity contribution in [1.82, 2.24) is 14.9 Å². The van der Waals surface area contributed by atoms with E-state index >= 15 is 0 Å². The van der Waals surface area contributed by atoms with Crippen LogP contribution in [0.25, 0.3) is 11.3 Å². The van der Waals surface area contributed by atoms with Gasteiger partial charge in [0.2, 0.25) is 0 Å². The zero-order valence-electron chi connectivity index (χ0n) is 17.6. The third-order valence-corrected chi connectivity index (χ3v) is 6.39. The number of aromatic nitrogens is 2. The number of amides is 1. The van der Waals surface area contributed by atoms with E-state index in [-0.39, 0.29) is 11.9 Å². The van der Waals surface area contributed by atoms with Crippen molar-refractivity contribution in [2.45, 2.75) is 51.6 Å². The summed E-state index contributed by atoms with van der Waals surface area (Å²) in [6.07, 6.45) is 7.49. The Kier molecular flexibility index (Phi) is 4.81. The average Bonchev–Trinajstić information content (AvgIpc) is 3.36. The molecule has 0 fully saturated rings. The Morgan fingerprint density at radius 2 is 2.07 bits per heavy atom. The molecule has 5 nitrogen and oxygen atoms in total. The molecule has 2 aliphatic rings. The molecular weight excluding hydrogens is 374 g/mol. The average molecular weight is 402 g/mol. The molecule has 0 spiro atoms. The number of imidazole rings is 1. The summed E-state index contributed by atoms with van der Waals surface area (Å²) in [5.74, 6) is 1.86. The van der Waals surface area contributed by atoms with Crippen LogP contribution in [0.3, 0.4) is 0 Å². The lowest BCUT2D eigenvalue weighted by molar-refractivity contribution is 0.0932. The van der Waals surface area contributed by atoms with Gasteiger partial charge in [-0.15, -0.1) is 0 Å². The number of fused-ring (bicyclic) bond motifs is 2. The Hall–Kier alpha value is -3.08. The molecule has 3 aromatic rings. The van der Waals surface area contributed by atoms with Gasteiger partial charge < -0.3 is 14.6 Å². The van der Waals surface area contributed by atoms with Gasteiger partial charge in [-0.1, -0.05) is 18.2 Å². The molecule has 1 amide bonds. The van der Waals surface area contributed by atoms with Gasteiger partial charge in [0, 0.05) is 30.3 Å². The van der Waals surface area contributed by atoms with E-state index in [0.29, 0.717) is 5.56 Å². The molecule has 5 heteroatoms. The minimum Gasteiger partial charge on any atom is -0.496 e. The second kappa shape index (κ2) is 7.63. The van der Waals surface area contributed by atoms with Crippen LogP contribution in [0.5, 0.6) is 5.75 Å². The summed E-state index contributed by atoms with van der Waals surface area (Å²) in [5, 5.41) is 3.26. The number of methoxy groups -OCH3 is 1. The van der Waals surface area contributed by atoms with Crippen molar-refractivity contribution in [3.05, 3.63) is 70.7 Å². The second-order valence-corrected chi connectivity index (χ2v) is 8.36. The summed E-state index contributed by atoms with van der Waals surface area (Å²) in [4.78, 5) is 17.8. The Labute approximate surface area is 177 Å².